The Labute approximate surface area is 283 Å². The van der Waals surface area contributed by atoms with E-state index >= 15 is 0 Å². The van der Waals surface area contributed by atoms with Gasteiger partial charge in [0.05, 0.1) is 39.1 Å². The molecule has 11 nitrogen and oxygen atoms in total. The molecule has 0 aliphatic carbocycles. The van der Waals surface area contributed by atoms with Crippen LogP contribution in [0.3, 0.4) is 0 Å². The number of carbonyl (C=O) groups is 1. The van der Waals surface area contributed by atoms with Gasteiger partial charge in [-0.2, -0.15) is 23.1 Å². The first kappa shape index (κ1) is 34.9. The van der Waals surface area contributed by atoms with Gasteiger partial charge in [0.25, 0.3) is 5.91 Å². The molecule has 0 bridgehead atoms. The van der Waals surface area contributed by atoms with Crippen molar-refractivity contribution in [2.75, 3.05) is 72.9 Å². The van der Waals surface area contributed by atoms with E-state index in [9.17, 15) is 18.0 Å². The minimum atomic E-state index is -4.58. The molecule has 0 radical (unpaired) electrons. The molecule has 2 unspecified atom stereocenters. The molecule has 1 amide bonds. The molecule has 0 N–H and O–H groups in total. The van der Waals surface area contributed by atoms with Gasteiger partial charge < -0.3 is 28.6 Å². The standard InChI is InChI=1S/C35H42F3N5O6/c1-3-47-34-39-31(45-2)27(32(40-34)49-23-35(36,37)38)20-41-18-26-19-42(33(44)29-22-46-16-17-48-29)14-15-43(26)28(21-41)30(24-10-6-4-7-11-24)25-12-8-5-9-13-25/h4-13,26,28-30H,3,14-23H2,1-2H3/t26-,28?,29?/m1/s1. The second-order valence-electron chi connectivity index (χ2n) is 12.3. The summed E-state index contributed by atoms with van der Waals surface area (Å²) in [4.78, 5) is 28.6. The maximum atomic E-state index is 13.6. The van der Waals surface area contributed by atoms with Crippen molar-refractivity contribution in [1.29, 1.82) is 0 Å². The number of hydrogen-bond donors (Lipinski definition) is 0. The smallest absolute Gasteiger partial charge is 0.422 e. The number of amides is 1. The van der Waals surface area contributed by atoms with Crippen molar-refractivity contribution in [3.63, 3.8) is 0 Å². The predicted octanol–water partition coefficient (Wildman–Crippen LogP) is 3.77. The number of aromatic nitrogens is 2. The monoisotopic (exact) mass is 685 g/mol. The molecule has 6 rings (SSSR count). The van der Waals surface area contributed by atoms with Gasteiger partial charge in [-0.3, -0.25) is 14.6 Å². The number of fused-ring (bicyclic) bond motifs is 1. The van der Waals surface area contributed by atoms with Crippen molar-refractivity contribution < 1.29 is 41.7 Å². The van der Waals surface area contributed by atoms with E-state index in [2.05, 4.69) is 44.0 Å². The Hall–Kier alpha value is -3.98. The summed E-state index contributed by atoms with van der Waals surface area (Å²) < 4.78 is 67.6. The quantitative estimate of drug-likeness (QED) is 0.297. The van der Waals surface area contributed by atoms with Gasteiger partial charge >= 0.3 is 12.2 Å². The maximum absolute atomic E-state index is 13.6. The van der Waals surface area contributed by atoms with Crippen molar-refractivity contribution in [2.24, 2.45) is 0 Å². The van der Waals surface area contributed by atoms with Crippen LogP contribution in [0, 0.1) is 0 Å². The molecule has 4 heterocycles. The average molecular weight is 686 g/mol. The van der Waals surface area contributed by atoms with E-state index in [0.29, 0.717) is 45.9 Å². The fourth-order valence-electron chi connectivity index (χ4n) is 7.04. The lowest BCUT2D eigenvalue weighted by molar-refractivity contribution is -0.162. The van der Waals surface area contributed by atoms with Crippen molar-refractivity contribution in [1.82, 2.24) is 24.7 Å². The topological polar surface area (TPSA) is 98.7 Å². The van der Waals surface area contributed by atoms with Gasteiger partial charge in [-0.15, -0.1) is 0 Å². The Morgan fingerprint density at radius 1 is 0.939 bits per heavy atom. The van der Waals surface area contributed by atoms with Gasteiger partial charge in [-0.1, -0.05) is 60.7 Å². The lowest BCUT2D eigenvalue weighted by Crippen LogP contribution is -2.68. The minimum Gasteiger partial charge on any atom is -0.481 e. The molecule has 264 valence electrons. The number of nitrogens with zero attached hydrogens (tertiary/aromatic N) is 5. The van der Waals surface area contributed by atoms with E-state index in [1.54, 1.807) is 6.92 Å². The SMILES string of the molecule is CCOc1nc(OC)c(CN2CC(C(c3ccccc3)c3ccccc3)N3CCN(C(=O)C4COCCO4)C[C@H]3C2)c(OCC(F)(F)F)n1. The number of halogens is 3. The van der Waals surface area contributed by atoms with Crippen LogP contribution in [0.15, 0.2) is 60.7 Å². The fourth-order valence-corrected chi connectivity index (χ4v) is 7.04. The van der Waals surface area contributed by atoms with Crippen LogP contribution in [0.2, 0.25) is 0 Å². The first-order valence-electron chi connectivity index (χ1n) is 16.6. The van der Waals surface area contributed by atoms with Crippen LogP contribution in [-0.2, 0) is 20.8 Å². The number of alkyl halides is 3. The second kappa shape index (κ2) is 15.7. The average Bonchev–Trinajstić information content (AvgIpc) is 3.12. The Kier molecular flexibility index (Phi) is 11.2. The predicted molar refractivity (Wildman–Crippen MR) is 173 cm³/mol. The zero-order chi connectivity index (χ0) is 34.4. The lowest BCUT2D eigenvalue weighted by atomic mass is 9.81. The highest BCUT2D eigenvalue weighted by Crippen LogP contribution is 2.38. The van der Waals surface area contributed by atoms with Gasteiger partial charge in [0.1, 0.15) is 0 Å². The largest absolute Gasteiger partial charge is 0.481 e. The summed E-state index contributed by atoms with van der Waals surface area (Å²) in [6.07, 6.45) is -5.22. The molecule has 3 fully saturated rings. The van der Waals surface area contributed by atoms with Crippen LogP contribution >= 0.6 is 0 Å². The molecular weight excluding hydrogens is 643 g/mol. The third-order valence-corrected chi connectivity index (χ3v) is 9.11. The number of carbonyl (C=O) groups excluding carboxylic acids is 1. The summed E-state index contributed by atoms with van der Waals surface area (Å²) in [5, 5.41) is 0. The molecule has 3 aromatic rings. The van der Waals surface area contributed by atoms with Crippen molar-refractivity contribution >= 4 is 5.91 Å². The molecular formula is C35H42F3N5O6. The number of methoxy groups -OCH3 is 1. The molecule has 49 heavy (non-hydrogen) atoms. The molecule has 3 saturated heterocycles. The van der Waals surface area contributed by atoms with Crippen LogP contribution in [0.1, 0.15) is 29.5 Å². The van der Waals surface area contributed by atoms with Crippen LogP contribution in [0.25, 0.3) is 0 Å². The van der Waals surface area contributed by atoms with E-state index in [1.807, 2.05) is 41.3 Å². The van der Waals surface area contributed by atoms with Gasteiger partial charge in [-0.25, -0.2) is 0 Å². The fraction of sp³-hybridized carbons (Fsp3) is 0.514. The summed E-state index contributed by atoms with van der Waals surface area (Å²) in [7, 11) is 1.40. The molecule has 3 atom stereocenters. The van der Waals surface area contributed by atoms with E-state index in [4.69, 9.17) is 23.7 Å². The summed E-state index contributed by atoms with van der Waals surface area (Å²) in [5.41, 5.74) is 2.57. The Morgan fingerprint density at radius 2 is 1.63 bits per heavy atom. The summed E-state index contributed by atoms with van der Waals surface area (Å²) in [5.74, 6) is -0.305. The number of ether oxygens (including phenoxy) is 5. The molecule has 3 aliphatic rings. The molecule has 14 heteroatoms. The second-order valence-corrected chi connectivity index (χ2v) is 12.3. The highest BCUT2D eigenvalue weighted by Gasteiger charge is 2.44. The van der Waals surface area contributed by atoms with E-state index in [0.717, 1.165) is 11.1 Å². The zero-order valence-electron chi connectivity index (χ0n) is 27.7. The minimum absolute atomic E-state index is 0.0375. The van der Waals surface area contributed by atoms with Gasteiger partial charge in [-0.05, 0) is 18.1 Å². The zero-order valence-corrected chi connectivity index (χ0v) is 27.7. The maximum Gasteiger partial charge on any atom is 0.422 e. The van der Waals surface area contributed by atoms with Gasteiger partial charge in [0.2, 0.25) is 11.8 Å². The number of hydrogen-bond acceptors (Lipinski definition) is 10. The molecule has 1 aromatic heterocycles. The summed E-state index contributed by atoms with van der Waals surface area (Å²) in [6, 6.07) is 20.3. The molecule has 0 spiro atoms. The number of piperazine rings is 2. The number of rotatable bonds is 11. The summed E-state index contributed by atoms with van der Waals surface area (Å²) >= 11 is 0. The van der Waals surface area contributed by atoms with Crippen LogP contribution in [0.4, 0.5) is 13.2 Å². The van der Waals surface area contributed by atoms with Crippen molar-refractivity contribution in [3.8, 4) is 17.8 Å². The summed E-state index contributed by atoms with van der Waals surface area (Å²) in [6.45, 7) is 4.33. The first-order chi connectivity index (χ1) is 23.7. The van der Waals surface area contributed by atoms with Crippen LogP contribution in [-0.4, -0.2) is 128 Å². The van der Waals surface area contributed by atoms with Crippen LogP contribution in [0.5, 0.6) is 17.8 Å². The molecule has 2 aromatic carbocycles. The molecule has 3 aliphatic heterocycles. The third-order valence-electron chi connectivity index (χ3n) is 9.11. The Balaban J connectivity index is 1.36. The van der Waals surface area contributed by atoms with E-state index in [1.165, 1.54) is 7.11 Å². The first-order valence-corrected chi connectivity index (χ1v) is 16.6. The highest BCUT2D eigenvalue weighted by atomic mass is 19.4. The Morgan fingerprint density at radius 3 is 2.24 bits per heavy atom. The normalized spacial score (nSPS) is 22.1. The van der Waals surface area contributed by atoms with E-state index < -0.39 is 18.9 Å². The highest BCUT2D eigenvalue weighted by molar-refractivity contribution is 5.81. The molecule has 0 saturated carbocycles. The van der Waals surface area contributed by atoms with Gasteiger partial charge in [0.15, 0.2) is 12.7 Å². The Bertz CT molecular complexity index is 1490. The lowest BCUT2D eigenvalue weighted by Gasteiger charge is -2.53. The van der Waals surface area contributed by atoms with Crippen molar-refractivity contribution in [2.45, 2.75) is 43.8 Å². The number of benzene rings is 2. The van der Waals surface area contributed by atoms with Gasteiger partial charge in [0, 0.05) is 57.3 Å². The third kappa shape index (κ3) is 8.43. The van der Waals surface area contributed by atoms with Crippen molar-refractivity contribution in [3.05, 3.63) is 77.4 Å². The van der Waals surface area contributed by atoms with E-state index in [-0.39, 0.29) is 67.0 Å². The van der Waals surface area contributed by atoms with Crippen LogP contribution < -0.4 is 14.2 Å².